The van der Waals surface area contributed by atoms with Gasteiger partial charge in [-0.15, -0.1) is 0 Å². The third-order valence-corrected chi connectivity index (χ3v) is 7.43. The second-order valence-electron chi connectivity index (χ2n) is 9.80. The zero-order valence-corrected chi connectivity index (χ0v) is 21.5. The molecule has 7 aromatic carbocycles. The van der Waals surface area contributed by atoms with E-state index in [1.807, 2.05) is 0 Å². The maximum atomic E-state index is 2.42. The molecule has 0 radical (unpaired) electrons. The molecule has 39 heavy (non-hydrogen) atoms. The highest BCUT2D eigenvalue weighted by molar-refractivity contribution is 6.15. The van der Waals surface area contributed by atoms with E-state index in [4.69, 9.17) is 0 Å². The summed E-state index contributed by atoms with van der Waals surface area (Å²) >= 11 is 0. The largest absolute Gasteiger partial charge is 0.309 e. The molecule has 0 aliphatic heterocycles. The number of nitrogens with zero attached hydrogens (tertiary/aromatic N) is 1. The Balaban J connectivity index is 1.55. The highest BCUT2D eigenvalue weighted by atomic mass is 15.1. The number of benzene rings is 7. The summed E-state index contributed by atoms with van der Waals surface area (Å²) in [6, 6.07) is 58.7. The van der Waals surface area contributed by atoms with Crippen LogP contribution in [0.25, 0.3) is 43.8 Å². The molecule has 1 heteroatoms. The monoisotopic (exact) mass is 497 g/mol. The predicted molar refractivity (Wildman–Crippen MR) is 167 cm³/mol. The zero-order valence-electron chi connectivity index (χ0n) is 21.5. The van der Waals surface area contributed by atoms with E-state index in [2.05, 4.69) is 169 Å². The number of rotatable bonds is 5. The summed E-state index contributed by atoms with van der Waals surface area (Å²) in [5.41, 5.74) is 8.24. The van der Waals surface area contributed by atoms with E-state index in [0.29, 0.717) is 0 Å². The first-order valence-electron chi connectivity index (χ1n) is 13.4. The SMILES string of the molecule is c1ccc(-c2ccc(N(c3ccccc3)c3cc4ccccc4c4ccccc34)c(-c3ccccc3)c2)cc1. The maximum Gasteiger partial charge on any atom is 0.0546 e. The summed E-state index contributed by atoms with van der Waals surface area (Å²) in [5.74, 6) is 0. The summed E-state index contributed by atoms with van der Waals surface area (Å²) in [5, 5.41) is 4.99. The van der Waals surface area contributed by atoms with Gasteiger partial charge in [-0.2, -0.15) is 0 Å². The van der Waals surface area contributed by atoms with Crippen LogP contribution in [0.15, 0.2) is 164 Å². The molecule has 0 bridgehead atoms. The number of hydrogen-bond acceptors (Lipinski definition) is 1. The second kappa shape index (κ2) is 9.96. The van der Waals surface area contributed by atoms with Gasteiger partial charge in [0.2, 0.25) is 0 Å². The molecule has 0 aliphatic rings. The molecule has 1 nitrogen and oxygen atoms in total. The fourth-order valence-corrected chi connectivity index (χ4v) is 5.59. The van der Waals surface area contributed by atoms with Crippen molar-refractivity contribution >= 4 is 38.6 Å². The quantitative estimate of drug-likeness (QED) is 0.214. The molecular weight excluding hydrogens is 470 g/mol. The van der Waals surface area contributed by atoms with Gasteiger partial charge in [-0.25, -0.2) is 0 Å². The number of para-hydroxylation sites is 1. The second-order valence-corrected chi connectivity index (χ2v) is 9.80. The van der Waals surface area contributed by atoms with Crippen LogP contribution in [-0.2, 0) is 0 Å². The van der Waals surface area contributed by atoms with Crippen LogP contribution in [0.5, 0.6) is 0 Å². The molecule has 0 unspecified atom stereocenters. The van der Waals surface area contributed by atoms with Crippen molar-refractivity contribution in [3.63, 3.8) is 0 Å². The van der Waals surface area contributed by atoms with E-state index >= 15 is 0 Å². The molecule has 184 valence electrons. The van der Waals surface area contributed by atoms with Gasteiger partial charge in [-0.05, 0) is 63.2 Å². The minimum absolute atomic E-state index is 1.13. The van der Waals surface area contributed by atoms with E-state index in [0.717, 1.165) is 11.4 Å². The lowest BCUT2D eigenvalue weighted by atomic mass is 9.95. The third-order valence-electron chi connectivity index (χ3n) is 7.43. The lowest BCUT2D eigenvalue weighted by molar-refractivity contribution is 1.30. The maximum absolute atomic E-state index is 2.42. The fraction of sp³-hybridized carbons (Fsp3) is 0. The minimum atomic E-state index is 1.13. The Morgan fingerprint density at radius 1 is 0.333 bits per heavy atom. The summed E-state index contributed by atoms with van der Waals surface area (Å²) in [7, 11) is 0. The zero-order chi connectivity index (χ0) is 26.0. The van der Waals surface area contributed by atoms with Crippen molar-refractivity contribution in [2.45, 2.75) is 0 Å². The van der Waals surface area contributed by atoms with Gasteiger partial charge in [0.15, 0.2) is 0 Å². The van der Waals surface area contributed by atoms with Gasteiger partial charge in [-0.1, -0.05) is 133 Å². The summed E-state index contributed by atoms with van der Waals surface area (Å²) in [6.45, 7) is 0. The Labute approximate surface area is 229 Å². The molecule has 0 saturated heterocycles. The lowest BCUT2D eigenvalue weighted by Gasteiger charge is -2.30. The molecule has 0 fully saturated rings. The normalized spacial score (nSPS) is 11.1. The van der Waals surface area contributed by atoms with Gasteiger partial charge >= 0.3 is 0 Å². The third kappa shape index (κ3) is 4.24. The average molecular weight is 498 g/mol. The number of fused-ring (bicyclic) bond motifs is 3. The molecular formula is C38H27N. The summed E-state index contributed by atoms with van der Waals surface area (Å²) in [6.07, 6.45) is 0. The Morgan fingerprint density at radius 3 is 1.62 bits per heavy atom. The van der Waals surface area contributed by atoms with Crippen LogP contribution >= 0.6 is 0 Å². The first-order valence-corrected chi connectivity index (χ1v) is 13.4. The van der Waals surface area contributed by atoms with Gasteiger partial charge < -0.3 is 4.90 Å². The van der Waals surface area contributed by atoms with Crippen LogP contribution in [0.3, 0.4) is 0 Å². The van der Waals surface area contributed by atoms with Crippen molar-refractivity contribution in [2.24, 2.45) is 0 Å². The smallest absolute Gasteiger partial charge is 0.0546 e. The van der Waals surface area contributed by atoms with Crippen molar-refractivity contribution in [3.8, 4) is 22.3 Å². The Morgan fingerprint density at radius 2 is 0.897 bits per heavy atom. The van der Waals surface area contributed by atoms with E-state index < -0.39 is 0 Å². The molecule has 0 amide bonds. The van der Waals surface area contributed by atoms with E-state index in [1.54, 1.807) is 0 Å². The fourth-order valence-electron chi connectivity index (χ4n) is 5.59. The van der Waals surface area contributed by atoms with E-state index in [1.165, 1.54) is 49.5 Å². The first kappa shape index (κ1) is 23.0. The van der Waals surface area contributed by atoms with Crippen LogP contribution in [0.2, 0.25) is 0 Å². The van der Waals surface area contributed by atoms with Crippen LogP contribution in [0.4, 0.5) is 17.1 Å². The Kier molecular flexibility index (Phi) is 5.88. The predicted octanol–water partition coefficient (Wildman–Crippen LogP) is 10.8. The van der Waals surface area contributed by atoms with Crippen molar-refractivity contribution in [2.75, 3.05) is 4.90 Å². The molecule has 0 atom stereocenters. The highest BCUT2D eigenvalue weighted by Crippen LogP contribution is 2.46. The molecule has 0 saturated carbocycles. The minimum Gasteiger partial charge on any atom is -0.309 e. The summed E-state index contributed by atoms with van der Waals surface area (Å²) in [4.78, 5) is 2.42. The number of hydrogen-bond donors (Lipinski definition) is 0. The molecule has 0 heterocycles. The van der Waals surface area contributed by atoms with Crippen molar-refractivity contribution in [3.05, 3.63) is 164 Å². The van der Waals surface area contributed by atoms with Crippen molar-refractivity contribution in [1.82, 2.24) is 0 Å². The molecule has 7 aromatic rings. The standard InChI is InChI=1S/C38H27N/c1-4-14-28(15-5-1)30-24-25-37(36(26-30)29-16-6-2-7-17-29)39(32-19-8-3-9-20-32)38-27-31-18-10-11-21-33(31)34-22-12-13-23-35(34)38/h1-27H. The van der Waals surface area contributed by atoms with Crippen LogP contribution < -0.4 is 4.90 Å². The van der Waals surface area contributed by atoms with Gasteiger partial charge in [0, 0.05) is 16.6 Å². The molecule has 0 spiro atoms. The van der Waals surface area contributed by atoms with Crippen molar-refractivity contribution in [1.29, 1.82) is 0 Å². The highest BCUT2D eigenvalue weighted by Gasteiger charge is 2.20. The van der Waals surface area contributed by atoms with E-state index in [9.17, 15) is 0 Å². The average Bonchev–Trinajstić information content (AvgIpc) is 3.03. The van der Waals surface area contributed by atoms with Crippen LogP contribution in [0.1, 0.15) is 0 Å². The molecule has 7 rings (SSSR count). The Bertz CT molecular complexity index is 1890. The topological polar surface area (TPSA) is 3.24 Å². The van der Waals surface area contributed by atoms with Crippen LogP contribution in [0, 0.1) is 0 Å². The van der Waals surface area contributed by atoms with Gasteiger partial charge in [0.1, 0.15) is 0 Å². The number of anilines is 3. The Hall–Kier alpha value is -5.14. The van der Waals surface area contributed by atoms with E-state index in [-0.39, 0.29) is 0 Å². The van der Waals surface area contributed by atoms with Crippen molar-refractivity contribution < 1.29 is 0 Å². The molecule has 0 aromatic heterocycles. The van der Waals surface area contributed by atoms with Crippen LogP contribution in [-0.4, -0.2) is 0 Å². The van der Waals surface area contributed by atoms with Gasteiger partial charge in [-0.3, -0.25) is 0 Å². The van der Waals surface area contributed by atoms with Gasteiger partial charge in [0.25, 0.3) is 0 Å². The first-order chi connectivity index (χ1) is 19.4. The van der Waals surface area contributed by atoms with Gasteiger partial charge in [0.05, 0.1) is 11.4 Å². The molecule has 0 aliphatic carbocycles. The lowest BCUT2D eigenvalue weighted by Crippen LogP contribution is -2.12. The summed E-state index contributed by atoms with van der Waals surface area (Å²) < 4.78 is 0. The molecule has 0 N–H and O–H groups in total.